The molecule has 4 N–H and O–H groups in total. The smallest absolute Gasteiger partial charge is 0.233 e. The summed E-state index contributed by atoms with van der Waals surface area (Å²) < 4.78 is 0. The molecule has 0 unspecified atom stereocenters. The number of carbonyl (C=O) groups excluding carboxylic acids is 1. The lowest BCUT2D eigenvalue weighted by molar-refractivity contribution is -0.128. The summed E-state index contributed by atoms with van der Waals surface area (Å²) in [6, 6.07) is 20.1. The van der Waals surface area contributed by atoms with E-state index in [-0.39, 0.29) is 23.6 Å². The molecule has 0 saturated carbocycles. The molecule has 0 bridgehead atoms. The minimum absolute atomic E-state index is 0.00217. The molecule has 0 atom stereocenters. The van der Waals surface area contributed by atoms with E-state index in [1.54, 1.807) is 0 Å². The van der Waals surface area contributed by atoms with Crippen molar-refractivity contribution in [3.63, 3.8) is 0 Å². The molecular weight excluding hydrogens is 372 g/mol. The fourth-order valence-corrected chi connectivity index (χ4v) is 3.43. The maximum Gasteiger partial charge on any atom is 0.233 e. The molecule has 7 nitrogen and oxygen atoms in total. The fourth-order valence-electron chi connectivity index (χ4n) is 2.67. The Hall–Kier alpha value is -3.13. The molecule has 3 rings (SSSR count). The van der Waals surface area contributed by atoms with Gasteiger partial charge in [-0.05, 0) is 17.5 Å². The van der Waals surface area contributed by atoms with Crippen LogP contribution in [-0.2, 0) is 17.8 Å². The standard InChI is InChI=1S/C20H22N6OS/c21-18-23-19(22)25-20(24-18)28-14-17(27)26(13-16-9-5-2-6-10-16)12-11-15-7-3-1-4-8-15/h1-10H,11-14H2,(H4,21,22,23,24,25). The number of nitrogens with zero attached hydrogens (tertiary/aromatic N) is 4. The topological polar surface area (TPSA) is 111 Å². The van der Waals surface area contributed by atoms with Gasteiger partial charge in [-0.25, -0.2) is 0 Å². The number of hydrogen-bond acceptors (Lipinski definition) is 7. The third-order valence-corrected chi connectivity index (χ3v) is 4.89. The highest BCUT2D eigenvalue weighted by molar-refractivity contribution is 7.99. The van der Waals surface area contributed by atoms with Crippen molar-refractivity contribution in [3.8, 4) is 0 Å². The van der Waals surface area contributed by atoms with Crippen LogP contribution in [0.4, 0.5) is 11.9 Å². The monoisotopic (exact) mass is 394 g/mol. The van der Waals surface area contributed by atoms with E-state index in [0.717, 1.165) is 12.0 Å². The van der Waals surface area contributed by atoms with Gasteiger partial charge in [0.05, 0.1) is 5.75 Å². The second-order valence-corrected chi connectivity index (χ2v) is 7.10. The Morgan fingerprint density at radius 2 is 1.43 bits per heavy atom. The number of nitrogen functional groups attached to an aromatic ring is 2. The molecule has 1 heterocycles. The highest BCUT2D eigenvalue weighted by Crippen LogP contribution is 2.16. The molecule has 0 saturated heterocycles. The number of aromatic nitrogens is 3. The zero-order valence-electron chi connectivity index (χ0n) is 15.4. The Kier molecular flexibility index (Phi) is 6.80. The van der Waals surface area contributed by atoms with Crippen LogP contribution >= 0.6 is 11.8 Å². The zero-order valence-corrected chi connectivity index (χ0v) is 16.2. The lowest BCUT2D eigenvalue weighted by Crippen LogP contribution is -2.34. The van der Waals surface area contributed by atoms with Crippen molar-refractivity contribution in [3.05, 3.63) is 71.8 Å². The second kappa shape index (κ2) is 9.70. The molecule has 2 aromatic carbocycles. The van der Waals surface area contributed by atoms with Crippen LogP contribution in [0.15, 0.2) is 65.8 Å². The molecule has 3 aromatic rings. The number of benzene rings is 2. The van der Waals surface area contributed by atoms with Crippen LogP contribution < -0.4 is 11.5 Å². The van der Waals surface area contributed by atoms with E-state index in [9.17, 15) is 4.79 Å². The van der Waals surface area contributed by atoms with Crippen molar-refractivity contribution >= 4 is 29.6 Å². The SMILES string of the molecule is Nc1nc(N)nc(SCC(=O)N(CCc2ccccc2)Cc2ccccc2)n1. The Balaban J connectivity index is 1.66. The Labute approximate surface area is 168 Å². The first-order valence-electron chi connectivity index (χ1n) is 8.85. The van der Waals surface area contributed by atoms with E-state index in [1.807, 2.05) is 53.4 Å². The van der Waals surface area contributed by atoms with Crippen LogP contribution in [0.2, 0.25) is 0 Å². The maximum atomic E-state index is 12.9. The summed E-state index contributed by atoms with van der Waals surface area (Å²) in [4.78, 5) is 26.5. The van der Waals surface area contributed by atoms with Crippen molar-refractivity contribution in [2.45, 2.75) is 18.1 Å². The number of thioether (sulfide) groups is 1. The van der Waals surface area contributed by atoms with Gasteiger partial charge in [-0.3, -0.25) is 4.79 Å². The van der Waals surface area contributed by atoms with Crippen molar-refractivity contribution in [1.29, 1.82) is 0 Å². The molecule has 1 amide bonds. The number of anilines is 2. The van der Waals surface area contributed by atoms with E-state index in [1.165, 1.54) is 17.3 Å². The Morgan fingerprint density at radius 3 is 2.04 bits per heavy atom. The van der Waals surface area contributed by atoms with Crippen LogP contribution in [0.1, 0.15) is 11.1 Å². The molecule has 0 radical (unpaired) electrons. The molecule has 0 fully saturated rings. The molecule has 0 spiro atoms. The number of rotatable bonds is 8. The number of carbonyl (C=O) groups is 1. The van der Waals surface area contributed by atoms with Crippen molar-refractivity contribution < 1.29 is 4.79 Å². The van der Waals surface area contributed by atoms with E-state index in [4.69, 9.17) is 11.5 Å². The lowest BCUT2D eigenvalue weighted by Gasteiger charge is -2.23. The normalized spacial score (nSPS) is 10.6. The van der Waals surface area contributed by atoms with Gasteiger partial charge < -0.3 is 16.4 Å². The molecule has 0 aliphatic heterocycles. The molecule has 144 valence electrons. The average molecular weight is 395 g/mol. The van der Waals surface area contributed by atoms with Gasteiger partial charge in [-0.1, -0.05) is 72.4 Å². The van der Waals surface area contributed by atoms with Gasteiger partial charge in [-0.15, -0.1) is 0 Å². The minimum atomic E-state index is 0.00217. The minimum Gasteiger partial charge on any atom is -0.368 e. The first-order valence-corrected chi connectivity index (χ1v) is 9.84. The van der Waals surface area contributed by atoms with E-state index >= 15 is 0 Å². The van der Waals surface area contributed by atoms with Crippen LogP contribution in [-0.4, -0.2) is 38.1 Å². The fraction of sp³-hybridized carbons (Fsp3) is 0.200. The summed E-state index contributed by atoms with van der Waals surface area (Å²) in [5.74, 6) is 0.299. The van der Waals surface area contributed by atoms with Crippen molar-refractivity contribution in [1.82, 2.24) is 19.9 Å². The summed E-state index contributed by atoms with van der Waals surface area (Å²) in [6.45, 7) is 1.17. The summed E-state index contributed by atoms with van der Waals surface area (Å²) in [5, 5.41) is 0.348. The van der Waals surface area contributed by atoms with Gasteiger partial charge >= 0.3 is 0 Å². The molecular formula is C20H22N6OS. The van der Waals surface area contributed by atoms with Crippen LogP contribution in [0.25, 0.3) is 0 Å². The highest BCUT2D eigenvalue weighted by Gasteiger charge is 2.16. The summed E-state index contributed by atoms with van der Waals surface area (Å²) in [6.07, 6.45) is 0.787. The van der Waals surface area contributed by atoms with E-state index in [2.05, 4.69) is 27.1 Å². The number of hydrogen-bond donors (Lipinski definition) is 2. The first-order chi connectivity index (χ1) is 13.6. The lowest BCUT2D eigenvalue weighted by atomic mass is 10.1. The van der Waals surface area contributed by atoms with Crippen LogP contribution in [0.5, 0.6) is 0 Å². The summed E-state index contributed by atoms with van der Waals surface area (Å²) in [7, 11) is 0. The zero-order chi connectivity index (χ0) is 19.8. The highest BCUT2D eigenvalue weighted by atomic mass is 32.2. The largest absolute Gasteiger partial charge is 0.368 e. The quantitative estimate of drug-likeness (QED) is 0.564. The predicted octanol–water partition coefficient (Wildman–Crippen LogP) is 2.40. The van der Waals surface area contributed by atoms with Gasteiger partial charge in [0.15, 0.2) is 5.16 Å². The maximum absolute atomic E-state index is 12.9. The van der Waals surface area contributed by atoms with Gasteiger partial charge in [0.25, 0.3) is 0 Å². The second-order valence-electron chi connectivity index (χ2n) is 6.16. The molecule has 0 aliphatic carbocycles. The third-order valence-electron chi connectivity index (χ3n) is 4.06. The van der Waals surface area contributed by atoms with Crippen molar-refractivity contribution in [2.75, 3.05) is 23.8 Å². The average Bonchev–Trinajstić information content (AvgIpc) is 2.70. The van der Waals surface area contributed by atoms with Crippen LogP contribution in [0.3, 0.4) is 0 Å². The van der Waals surface area contributed by atoms with Crippen LogP contribution in [0, 0.1) is 0 Å². The predicted molar refractivity (Wildman–Crippen MR) is 111 cm³/mol. The Bertz CT molecular complexity index is 887. The van der Waals surface area contributed by atoms with E-state index in [0.29, 0.717) is 18.2 Å². The molecule has 1 aromatic heterocycles. The molecule has 0 aliphatic rings. The molecule has 8 heteroatoms. The van der Waals surface area contributed by atoms with Gasteiger partial charge in [-0.2, -0.15) is 15.0 Å². The summed E-state index contributed by atoms with van der Waals surface area (Å²) in [5.41, 5.74) is 13.5. The van der Waals surface area contributed by atoms with E-state index < -0.39 is 0 Å². The van der Waals surface area contributed by atoms with Gasteiger partial charge in [0.2, 0.25) is 17.8 Å². The first kappa shape index (κ1) is 19.6. The molecule has 28 heavy (non-hydrogen) atoms. The van der Waals surface area contributed by atoms with Gasteiger partial charge in [0.1, 0.15) is 0 Å². The third kappa shape index (κ3) is 5.95. The Morgan fingerprint density at radius 1 is 0.857 bits per heavy atom. The van der Waals surface area contributed by atoms with Crippen molar-refractivity contribution in [2.24, 2.45) is 0 Å². The number of amides is 1. The summed E-state index contributed by atoms with van der Waals surface area (Å²) >= 11 is 1.20. The number of nitrogens with two attached hydrogens (primary N) is 2. The van der Waals surface area contributed by atoms with Gasteiger partial charge in [0, 0.05) is 13.1 Å².